The summed E-state index contributed by atoms with van der Waals surface area (Å²) in [6, 6.07) is 8.10. The van der Waals surface area contributed by atoms with Gasteiger partial charge < -0.3 is 9.47 Å². The number of aryl methyl sites for hydroxylation is 1. The highest BCUT2D eigenvalue weighted by molar-refractivity contribution is 5.32. The quantitative estimate of drug-likeness (QED) is 0.299. The van der Waals surface area contributed by atoms with Crippen LogP contribution in [0.4, 0.5) is 26.3 Å². The predicted octanol–water partition coefficient (Wildman–Crippen LogP) is 6.65. The minimum absolute atomic E-state index is 0.389. The molecule has 0 amide bonds. The molecule has 0 bridgehead atoms. The van der Waals surface area contributed by atoms with E-state index in [0.717, 1.165) is 31.2 Å². The van der Waals surface area contributed by atoms with Crippen LogP contribution in [0, 0.1) is 11.6 Å². The van der Waals surface area contributed by atoms with E-state index in [1.54, 1.807) is 12.1 Å². The standard InChI is InChI=1S/C21H22F6O2/c1-2-3-4-5-14-6-8-15(9-7-14)13-28-21(26,27)12-16-10-17(22)19(18(23)11-16)29-20(24)25/h6-11,20H,2-5,12-13H2,1H3. The van der Waals surface area contributed by atoms with Gasteiger partial charge in [-0.3, -0.25) is 0 Å². The maximum absolute atomic E-state index is 14.0. The van der Waals surface area contributed by atoms with Crippen molar-refractivity contribution in [1.29, 1.82) is 0 Å². The molecule has 0 N–H and O–H groups in total. The summed E-state index contributed by atoms with van der Waals surface area (Å²) in [4.78, 5) is 0. The van der Waals surface area contributed by atoms with Gasteiger partial charge in [0, 0.05) is 0 Å². The Labute approximate surface area is 165 Å². The van der Waals surface area contributed by atoms with Crippen molar-refractivity contribution in [1.82, 2.24) is 0 Å². The summed E-state index contributed by atoms with van der Waals surface area (Å²) in [6.07, 6.45) is -0.634. The first-order valence-electron chi connectivity index (χ1n) is 9.22. The van der Waals surface area contributed by atoms with Crippen LogP contribution in [0.2, 0.25) is 0 Å². The molecule has 29 heavy (non-hydrogen) atoms. The molecule has 0 fully saturated rings. The Kier molecular flexibility index (Phi) is 8.37. The third kappa shape index (κ3) is 7.61. The lowest BCUT2D eigenvalue weighted by atomic mass is 10.1. The fraction of sp³-hybridized carbons (Fsp3) is 0.429. The van der Waals surface area contributed by atoms with Crippen LogP contribution in [-0.4, -0.2) is 12.7 Å². The highest BCUT2D eigenvalue weighted by Crippen LogP contribution is 2.29. The molecule has 2 rings (SSSR count). The van der Waals surface area contributed by atoms with Gasteiger partial charge in [-0.15, -0.1) is 0 Å². The van der Waals surface area contributed by atoms with Crippen LogP contribution >= 0.6 is 0 Å². The van der Waals surface area contributed by atoms with Gasteiger partial charge in [-0.05, 0) is 41.7 Å². The number of unbranched alkanes of at least 4 members (excludes halogenated alkanes) is 2. The SMILES string of the molecule is CCCCCc1ccc(COC(F)(F)Cc2cc(F)c(OC(F)F)c(F)c2)cc1. The van der Waals surface area contributed by atoms with E-state index >= 15 is 0 Å². The minimum atomic E-state index is -3.70. The van der Waals surface area contributed by atoms with Crippen molar-refractivity contribution in [3.8, 4) is 5.75 Å². The van der Waals surface area contributed by atoms with Gasteiger partial charge in [0.05, 0.1) is 13.0 Å². The summed E-state index contributed by atoms with van der Waals surface area (Å²) in [6.45, 7) is -1.72. The molecule has 0 aliphatic carbocycles. The van der Waals surface area contributed by atoms with Gasteiger partial charge in [-0.1, -0.05) is 44.0 Å². The summed E-state index contributed by atoms with van der Waals surface area (Å²) in [7, 11) is 0. The Hall–Kier alpha value is -2.22. The molecule has 8 heteroatoms. The smallest absolute Gasteiger partial charge is 0.387 e. The average molecular weight is 420 g/mol. The van der Waals surface area contributed by atoms with E-state index in [2.05, 4.69) is 16.4 Å². The highest BCUT2D eigenvalue weighted by Gasteiger charge is 2.31. The molecule has 0 spiro atoms. The monoisotopic (exact) mass is 420 g/mol. The van der Waals surface area contributed by atoms with Crippen LogP contribution in [0.15, 0.2) is 36.4 Å². The maximum atomic E-state index is 14.0. The van der Waals surface area contributed by atoms with E-state index in [1.165, 1.54) is 0 Å². The molecule has 0 radical (unpaired) electrons. The van der Waals surface area contributed by atoms with Gasteiger partial charge in [0.25, 0.3) is 0 Å². The number of hydrogen-bond donors (Lipinski definition) is 0. The maximum Gasteiger partial charge on any atom is 0.387 e. The van der Waals surface area contributed by atoms with Crippen molar-refractivity contribution in [2.45, 2.75) is 58.4 Å². The molecular weight excluding hydrogens is 398 g/mol. The first-order chi connectivity index (χ1) is 13.7. The van der Waals surface area contributed by atoms with Crippen molar-refractivity contribution in [2.24, 2.45) is 0 Å². The van der Waals surface area contributed by atoms with Crippen LogP contribution in [0.3, 0.4) is 0 Å². The van der Waals surface area contributed by atoms with Crippen LogP contribution in [-0.2, 0) is 24.2 Å². The molecule has 0 saturated carbocycles. The van der Waals surface area contributed by atoms with E-state index in [1.807, 2.05) is 12.1 Å². The van der Waals surface area contributed by atoms with Crippen molar-refractivity contribution >= 4 is 0 Å². The first-order valence-corrected chi connectivity index (χ1v) is 9.22. The van der Waals surface area contributed by atoms with E-state index in [4.69, 9.17) is 0 Å². The molecule has 0 aromatic heterocycles. The molecule has 0 aliphatic heterocycles. The number of alkyl halides is 4. The van der Waals surface area contributed by atoms with Gasteiger partial charge in [-0.2, -0.15) is 17.6 Å². The number of halogens is 6. The van der Waals surface area contributed by atoms with E-state index in [9.17, 15) is 26.3 Å². The third-order valence-corrected chi connectivity index (χ3v) is 4.22. The van der Waals surface area contributed by atoms with Crippen molar-refractivity contribution < 1.29 is 35.8 Å². The zero-order valence-electron chi connectivity index (χ0n) is 15.9. The number of rotatable bonds is 11. The zero-order chi connectivity index (χ0) is 21.4. The molecule has 2 nitrogen and oxygen atoms in total. The number of ether oxygens (including phenoxy) is 2. The molecule has 0 saturated heterocycles. The Balaban J connectivity index is 1.94. The molecule has 2 aromatic rings. The Morgan fingerprint density at radius 3 is 2.03 bits per heavy atom. The lowest BCUT2D eigenvalue weighted by Gasteiger charge is -2.18. The second-order valence-electron chi connectivity index (χ2n) is 6.64. The fourth-order valence-electron chi connectivity index (χ4n) is 2.77. The topological polar surface area (TPSA) is 18.5 Å². The van der Waals surface area contributed by atoms with Crippen LogP contribution < -0.4 is 4.74 Å². The summed E-state index contributed by atoms with van der Waals surface area (Å²) in [5.41, 5.74) is 1.19. The number of benzene rings is 2. The third-order valence-electron chi connectivity index (χ3n) is 4.22. The molecule has 0 heterocycles. The van der Waals surface area contributed by atoms with Gasteiger partial charge >= 0.3 is 12.7 Å². The summed E-state index contributed by atoms with van der Waals surface area (Å²) in [5, 5.41) is 0. The minimum Gasteiger partial charge on any atom is -0.429 e. The molecule has 0 aliphatic rings. The average Bonchev–Trinajstić information content (AvgIpc) is 2.64. The lowest BCUT2D eigenvalue weighted by Crippen LogP contribution is -2.24. The molecule has 0 unspecified atom stereocenters. The summed E-state index contributed by atoms with van der Waals surface area (Å²) < 4.78 is 87.9. The lowest BCUT2D eigenvalue weighted by molar-refractivity contribution is -0.244. The highest BCUT2D eigenvalue weighted by atomic mass is 19.3. The van der Waals surface area contributed by atoms with Gasteiger partial charge in [-0.25, -0.2) is 8.78 Å². The molecular formula is C21H22F6O2. The second kappa shape index (κ2) is 10.5. The summed E-state index contributed by atoms with van der Waals surface area (Å²) in [5.74, 6) is -4.29. The van der Waals surface area contributed by atoms with Crippen molar-refractivity contribution in [3.05, 3.63) is 64.7 Å². The Morgan fingerprint density at radius 2 is 1.48 bits per heavy atom. The second-order valence-corrected chi connectivity index (χ2v) is 6.64. The van der Waals surface area contributed by atoms with Crippen LogP contribution in [0.5, 0.6) is 5.75 Å². The Morgan fingerprint density at radius 1 is 0.897 bits per heavy atom. The zero-order valence-corrected chi connectivity index (χ0v) is 15.9. The predicted molar refractivity (Wildman–Crippen MR) is 96.1 cm³/mol. The largest absolute Gasteiger partial charge is 0.429 e. The van der Waals surface area contributed by atoms with Crippen LogP contribution in [0.1, 0.15) is 42.9 Å². The van der Waals surface area contributed by atoms with E-state index in [0.29, 0.717) is 17.7 Å². The summed E-state index contributed by atoms with van der Waals surface area (Å²) >= 11 is 0. The molecule has 0 atom stereocenters. The fourth-order valence-corrected chi connectivity index (χ4v) is 2.77. The number of hydrogen-bond acceptors (Lipinski definition) is 2. The Bertz CT molecular complexity index is 754. The normalized spacial score (nSPS) is 11.9. The molecule has 2 aromatic carbocycles. The van der Waals surface area contributed by atoms with E-state index < -0.39 is 42.1 Å². The van der Waals surface area contributed by atoms with Gasteiger partial charge in [0.2, 0.25) is 0 Å². The van der Waals surface area contributed by atoms with Crippen molar-refractivity contribution in [2.75, 3.05) is 0 Å². The van der Waals surface area contributed by atoms with Crippen molar-refractivity contribution in [3.63, 3.8) is 0 Å². The van der Waals surface area contributed by atoms with Gasteiger partial charge in [0.15, 0.2) is 17.4 Å². The first kappa shape index (κ1) is 23.1. The van der Waals surface area contributed by atoms with Crippen LogP contribution in [0.25, 0.3) is 0 Å². The van der Waals surface area contributed by atoms with Gasteiger partial charge in [0.1, 0.15) is 0 Å². The van der Waals surface area contributed by atoms with E-state index in [-0.39, 0.29) is 6.61 Å². The molecule has 160 valence electrons.